The molecule has 2 aromatic rings. The molecule has 4 fully saturated rings. The second-order valence-corrected chi connectivity index (χ2v) is 10.4. The van der Waals surface area contributed by atoms with Gasteiger partial charge < -0.3 is 5.32 Å². The van der Waals surface area contributed by atoms with E-state index < -0.39 is 6.04 Å². The molecule has 4 bridgehead atoms. The Morgan fingerprint density at radius 1 is 1.11 bits per heavy atom. The van der Waals surface area contributed by atoms with Crippen molar-refractivity contribution in [3.63, 3.8) is 0 Å². The summed E-state index contributed by atoms with van der Waals surface area (Å²) < 4.78 is 2.57. The lowest BCUT2D eigenvalue weighted by Gasteiger charge is -2.59. The Morgan fingerprint density at radius 2 is 1.70 bits per heavy atom. The van der Waals surface area contributed by atoms with E-state index in [1.54, 1.807) is 3.96 Å². The first-order valence-corrected chi connectivity index (χ1v) is 11.1. The molecule has 1 amide bonds. The standard InChI is InChI=1S/C22H28N2O2S/c1-13(24-21(26)18-5-3-4-6-19(18)27-24)20(25)23-14(2)22-10-15-7-16(11-22)9-17(8-15)12-22/h3-6,13-17H,7-12H2,1-2H3,(H,23,25)/t13-,14+,15?,16?,17?,22?/m1/s1. The first-order chi connectivity index (χ1) is 12.9. The molecule has 6 rings (SSSR count). The van der Waals surface area contributed by atoms with Crippen LogP contribution in [0.2, 0.25) is 0 Å². The number of benzene rings is 1. The molecule has 0 spiro atoms. The molecule has 27 heavy (non-hydrogen) atoms. The van der Waals surface area contributed by atoms with Crippen molar-refractivity contribution < 1.29 is 4.79 Å². The SMILES string of the molecule is C[C@H](C(=O)N[C@@H](C)C12CC3CC(CC(C3)C1)C2)n1sc2ccccc2c1=O. The number of carbonyl (C=O) groups excluding carboxylic acids is 1. The van der Waals surface area contributed by atoms with E-state index in [2.05, 4.69) is 12.2 Å². The van der Waals surface area contributed by atoms with Crippen molar-refractivity contribution in [1.82, 2.24) is 9.27 Å². The van der Waals surface area contributed by atoms with Gasteiger partial charge in [-0.05, 0) is 87.7 Å². The number of carbonyl (C=O) groups is 1. The van der Waals surface area contributed by atoms with Gasteiger partial charge in [0.15, 0.2) is 0 Å². The molecule has 1 N–H and O–H groups in total. The number of nitrogens with zero attached hydrogens (tertiary/aromatic N) is 1. The molecule has 4 saturated carbocycles. The van der Waals surface area contributed by atoms with E-state index in [0.717, 1.165) is 22.5 Å². The van der Waals surface area contributed by atoms with E-state index in [-0.39, 0.29) is 22.9 Å². The second-order valence-electron chi connectivity index (χ2n) is 9.40. The Morgan fingerprint density at radius 3 is 2.30 bits per heavy atom. The summed E-state index contributed by atoms with van der Waals surface area (Å²) in [6, 6.07) is 7.31. The number of aromatic nitrogens is 1. The molecule has 5 heteroatoms. The summed E-state index contributed by atoms with van der Waals surface area (Å²) >= 11 is 1.39. The van der Waals surface area contributed by atoms with Crippen molar-refractivity contribution >= 4 is 27.5 Å². The minimum atomic E-state index is -0.466. The van der Waals surface area contributed by atoms with Crippen molar-refractivity contribution in [3.05, 3.63) is 34.6 Å². The van der Waals surface area contributed by atoms with Crippen molar-refractivity contribution in [2.24, 2.45) is 23.2 Å². The van der Waals surface area contributed by atoms with Gasteiger partial charge in [0.25, 0.3) is 5.56 Å². The Kier molecular flexibility index (Phi) is 4.01. The highest BCUT2D eigenvalue weighted by Gasteiger charge is 2.53. The average Bonchev–Trinajstić information content (AvgIpc) is 2.97. The maximum Gasteiger partial charge on any atom is 0.269 e. The minimum absolute atomic E-state index is 0.0214. The predicted molar refractivity (Wildman–Crippen MR) is 109 cm³/mol. The lowest BCUT2D eigenvalue weighted by atomic mass is 9.48. The predicted octanol–water partition coefficient (Wildman–Crippen LogP) is 4.35. The quantitative estimate of drug-likeness (QED) is 0.852. The van der Waals surface area contributed by atoms with Crippen LogP contribution in [0.1, 0.15) is 58.4 Å². The van der Waals surface area contributed by atoms with Crippen molar-refractivity contribution in [2.45, 2.75) is 64.5 Å². The van der Waals surface area contributed by atoms with Gasteiger partial charge >= 0.3 is 0 Å². The van der Waals surface area contributed by atoms with Gasteiger partial charge in [0.2, 0.25) is 5.91 Å². The molecular formula is C22H28N2O2S. The van der Waals surface area contributed by atoms with Gasteiger partial charge in [-0.1, -0.05) is 23.7 Å². The Labute approximate surface area is 164 Å². The van der Waals surface area contributed by atoms with Gasteiger partial charge in [0, 0.05) is 6.04 Å². The van der Waals surface area contributed by atoms with Gasteiger partial charge in [0.1, 0.15) is 6.04 Å². The molecule has 0 aliphatic heterocycles. The molecule has 1 heterocycles. The Hall–Kier alpha value is -1.62. The Bertz CT molecular complexity index is 908. The number of fused-ring (bicyclic) bond motifs is 1. The zero-order valence-corrected chi connectivity index (χ0v) is 16.9. The molecule has 144 valence electrons. The van der Waals surface area contributed by atoms with Crippen LogP contribution >= 0.6 is 11.5 Å². The minimum Gasteiger partial charge on any atom is -0.351 e. The molecule has 1 aromatic heterocycles. The summed E-state index contributed by atoms with van der Waals surface area (Å²) in [5.41, 5.74) is 0.232. The van der Waals surface area contributed by atoms with Crippen LogP contribution in [0.4, 0.5) is 0 Å². The molecule has 4 aliphatic carbocycles. The molecule has 4 nitrogen and oxygen atoms in total. The Balaban J connectivity index is 1.35. The largest absolute Gasteiger partial charge is 0.351 e. The molecule has 0 saturated heterocycles. The van der Waals surface area contributed by atoms with E-state index in [4.69, 9.17) is 0 Å². The van der Waals surface area contributed by atoms with Gasteiger partial charge in [0.05, 0.1) is 10.1 Å². The fourth-order valence-electron chi connectivity index (χ4n) is 6.55. The highest BCUT2D eigenvalue weighted by Crippen LogP contribution is 2.61. The lowest BCUT2D eigenvalue weighted by Crippen LogP contribution is -2.56. The van der Waals surface area contributed by atoms with Crippen LogP contribution in [-0.4, -0.2) is 15.9 Å². The fraction of sp³-hybridized carbons (Fsp3) is 0.636. The highest BCUT2D eigenvalue weighted by atomic mass is 32.1. The molecule has 0 radical (unpaired) electrons. The van der Waals surface area contributed by atoms with Gasteiger partial charge in [-0.15, -0.1) is 0 Å². The smallest absolute Gasteiger partial charge is 0.269 e. The van der Waals surface area contributed by atoms with Crippen LogP contribution in [0.3, 0.4) is 0 Å². The molecule has 0 unspecified atom stereocenters. The summed E-state index contributed by atoms with van der Waals surface area (Å²) in [5.74, 6) is 2.60. The third-order valence-corrected chi connectivity index (χ3v) is 8.84. The normalized spacial score (nSPS) is 33.9. The highest BCUT2D eigenvalue weighted by molar-refractivity contribution is 7.14. The zero-order valence-electron chi connectivity index (χ0n) is 16.1. The summed E-state index contributed by atoms with van der Waals surface area (Å²) in [5, 5.41) is 4.02. The topological polar surface area (TPSA) is 51.1 Å². The fourth-order valence-corrected chi connectivity index (χ4v) is 7.59. The number of nitrogens with one attached hydrogen (secondary N) is 1. The maximum atomic E-state index is 13.0. The van der Waals surface area contributed by atoms with E-state index >= 15 is 0 Å². The first-order valence-electron chi connectivity index (χ1n) is 10.4. The van der Waals surface area contributed by atoms with E-state index in [1.165, 1.54) is 50.1 Å². The van der Waals surface area contributed by atoms with Gasteiger partial charge in [-0.25, -0.2) is 0 Å². The number of hydrogen-bond donors (Lipinski definition) is 1. The summed E-state index contributed by atoms with van der Waals surface area (Å²) in [6.07, 6.45) is 8.06. The molecule has 2 atom stereocenters. The van der Waals surface area contributed by atoms with Crippen LogP contribution in [-0.2, 0) is 4.79 Å². The van der Waals surface area contributed by atoms with E-state index in [0.29, 0.717) is 5.39 Å². The van der Waals surface area contributed by atoms with E-state index in [1.807, 2.05) is 31.2 Å². The van der Waals surface area contributed by atoms with Crippen molar-refractivity contribution in [1.29, 1.82) is 0 Å². The van der Waals surface area contributed by atoms with Crippen LogP contribution in [0.5, 0.6) is 0 Å². The zero-order chi connectivity index (χ0) is 18.8. The summed E-state index contributed by atoms with van der Waals surface area (Å²) in [6.45, 7) is 4.05. The van der Waals surface area contributed by atoms with Crippen LogP contribution in [0.25, 0.3) is 10.1 Å². The number of amides is 1. The second kappa shape index (κ2) is 6.20. The summed E-state index contributed by atoms with van der Waals surface area (Å²) in [7, 11) is 0. The third kappa shape index (κ3) is 2.77. The van der Waals surface area contributed by atoms with Crippen molar-refractivity contribution in [2.75, 3.05) is 0 Å². The third-order valence-electron chi connectivity index (χ3n) is 7.61. The monoisotopic (exact) mass is 384 g/mol. The number of hydrogen-bond acceptors (Lipinski definition) is 3. The van der Waals surface area contributed by atoms with Crippen LogP contribution in [0, 0.1) is 23.2 Å². The van der Waals surface area contributed by atoms with Gasteiger partial charge in [-0.3, -0.25) is 13.5 Å². The number of rotatable bonds is 4. The molecular weight excluding hydrogens is 356 g/mol. The van der Waals surface area contributed by atoms with E-state index in [9.17, 15) is 9.59 Å². The molecule has 1 aromatic carbocycles. The van der Waals surface area contributed by atoms with Crippen LogP contribution in [0.15, 0.2) is 29.1 Å². The van der Waals surface area contributed by atoms with Crippen molar-refractivity contribution in [3.8, 4) is 0 Å². The maximum absolute atomic E-state index is 13.0. The lowest BCUT2D eigenvalue weighted by molar-refractivity contribution is -0.128. The first kappa shape index (κ1) is 17.5. The summed E-state index contributed by atoms with van der Waals surface area (Å²) in [4.78, 5) is 25.7. The van der Waals surface area contributed by atoms with Crippen LogP contribution < -0.4 is 10.9 Å². The average molecular weight is 385 g/mol. The van der Waals surface area contributed by atoms with Gasteiger partial charge in [-0.2, -0.15) is 0 Å². The molecule has 4 aliphatic rings.